The lowest BCUT2D eigenvalue weighted by Gasteiger charge is -2.11. The molecular formula is C29H21N5O5. The van der Waals surface area contributed by atoms with Gasteiger partial charge in [0.2, 0.25) is 5.75 Å². The molecule has 0 saturated carbocycles. The number of para-hydroxylation sites is 3. The molecule has 10 nitrogen and oxygen atoms in total. The van der Waals surface area contributed by atoms with E-state index >= 15 is 0 Å². The van der Waals surface area contributed by atoms with Gasteiger partial charge in [-0.1, -0.05) is 66.7 Å². The summed E-state index contributed by atoms with van der Waals surface area (Å²) < 4.78 is 6.76. The summed E-state index contributed by atoms with van der Waals surface area (Å²) in [4.78, 5) is 41.6. The SMILES string of the molecule is O=C(COc1c(C=Nn2c(-c3ccccc3)nc3ccccc3c2=O)cccc1[N+](=O)[O-])Nc1ccccc1. The van der Waals surface area contributed by atoms with Gasteiger partial charge in [-0.05, 0) is 30.3 Å². The molecule has 0 aliphatic rings. The van der Waals surface area contributed by atoms with E-state index in [2.05, 4.69) is 15.4 Å². The fourth-order valence-electron chi connectivity index (χ4n) is 3.93. The van der Waals surface area contributed by atoms with E-state index in [1.54, 1.807) is 66.7 Å². The van der Waals surface area contributed by atoms with E-state index in [1.807, 2.05) is 24.3 Å². The van der Waals surface area contributed by atoms with Gasteiger partial charge in [0.15, 0.2) is 12.4 Å². The fourth-order valence-corrected chi connectivity index (χ4v) is 3.93. The molecule has 5 rings (SSSR count). The molecule has 1 heterocycles. The molecule has 0 aliphatic heterocycles. The van der Waals surface area contributed by atoms with Gasteiger partial charge in [-0.2, -0.15) is 9.78 Å². The van der Waals surface area contributed by atoms with Gasteiger partial charge in [0, 0.05) is 22.9 Å². The number of carbonyl (C=O) groups is 1. The molecule has 1 amide bonds. The average Bonchev–Trinajstić information content (AvgIpc) is 2.96. The van der Waals surface area contributed by atoms with Gasteiger partial charge in [0.05, 0.1) is 22.0 Å². The van der Waals surface area contributed by atoms with Gasteiger partial charge in [-0.3, -0.25) is 19.7 Å². The Kier molecular flexibility index (Phi) is 7.17. The third-order valence-electron chi connectivity index (χ3n) is 5.72. The smallest absolute Gasteiger partial charge is 0.311 e. The summed E-state index contributed by atoms with van der Waals surface area (Å²) in [5.74, 6) is -0.355. The second kappa shape index (κ2) is 11.2. The Morgan fingerprint density at radius 2 is 1.64 bits per heavy atom. The minimum atomic E-state index is -0.610. The predicted molar refractivity (Wildman–Crippen MR) is 148 cm³/mol. The Labute approximate surface area is 222 Å². The summed E-state index contributed by atoms with van der Waals surface area (Å²) in [7, 11) is 0. The molecule has 4 aromatic carbocycles. The third kappa shape index (κ3) is 5.54. The van der Waals surface area contributed by atoms with Gasteiger partial charge in [-0.15, -0.1) is 0 Å². The van der Waals surface area contributed by atoms with E-state index in [9.17, 15) is 19.7 Å². The first-order chi connectivity index (χ1) is 19.0. The van der Waals surface area contributed by atoms with Crippen molar-refractivity contribution in [2.24, 2.45) is 5.10 Å². The van der Waals surface area contributed by atoms with Crippen molar-refractivity contribution in [1.29, 1.82) is 0 Å². The van der Waals surface area contributed by atoms with Crippen LogP contribution in [0, 0.1) is 10.1 Å². The number of anilines is 1. The van der Waals surface area contributed by atoms with E-state index < -0.39 is 23.0 Å². The Bertz CT molecular complexity index is 1750. The van der Waals surface area contributed by atoms with Crippen LogP contribution in [0.15, 0.2) is 113 Å². The molecule has 1 N–H and O–H groups in total. The largest absolute Gasteiger partial charge is 0.476 e. The number of fused-ring (bicyclic) bond motifs is 1. The van der Waals surface area contributed by atoms with E-state index in [0.29, 0.717) is 28.0 Å². The molecular weight excluding hydrogens is 498 g/mol. The van der Waals surface area contributed by atoms with Crippen molar-refractivity contribution in [3.63, 3.8) is 0 Å². The molecule has 0 atom stereocenters. The maximum absolute atomic E-state index is 13.4. The van der Waals surface area contributed by atoms with Crippen LogP contribution >= 0.6 is 0 Å². The lowest BCUT2D eigenvalue weighted by atomic mass is 10.2. The molecule has 0 spiro atoms. The predicted octanol–water partition coefficient (Wildman–Crippen LogP) is 4.87. The lowest BCUT2D eigenvalue weighted by molar-refractivity contribution is -0.385. The maximum atomic E-state index is 13.4. The molecule has 0 radical (unpaired) electrons. The number of nitrogens with one attached hydrogen (secondary N) is 1. The van der Waals surface area contributed by atoms with Gasteiger partial charge < -0.3 is 10.1 Å². The highest BCUT2D eigenvalue weighted by molar-refractivity contribution is 5.92. The third-order valence-corrected chi connectivity index (χ3v) is 5.72. The Hall–Kier alpha value is -5.64. The van der Waals surface area contributed by atoms with Crippen LogP contribution in [0.4, 0.5) is 11.4 Å². The summed E-state index contributed by atoms with van der Waals surface area (Å²) in [5, 5.41) is 19.1. The minimum absolute atomic E-state index is 0.155. The molecule has 0 unspecified atom stereocenters. The van der Waals surface area contributed by atoms with Crippen LogP contribution in [0.2, 0.25) is 0 Å². The lowest BCUT2D eigenvalue weighted by Crippen LogP contribution is -2.21. The first-order valence-corrected chi connectivity index (χ1v) is 11.9. The van der Waals surface area contributed by atoms with Crippen LogP contribution in [0.25, 0.3) is 22.3 Å². The Morgan fingerprint density at radius 1 is 0.949 bits per heavy atom. The number of hydrogen-bond donors (Lipinski definition) is 1. The number of hydrogen-bond acceptors (Lipinski definition) is 7. The van der Waals surface area contributed by atoms with E-state index in [0.717, 1.165) is 4.68 Å². The highest BCUT2D eigenvalue weighted by atomic mass is 16.6. The molecule has 192 valence electrons. The topological polar surface area (TPSA) is 129 Å². The van der Waals surface area contributed by atoms with Crippen LogP contribution in [0.5, 0.6) is 5.75 Å². The fraction of sp³-hybridized carbons (Fsp3) is 0.0345. The first-order valence-electron chi connectivity index (χ1n) is 11.9. The van der Waals surface area contributed by atoms with Gasteiger partial charge >= 0.3 is 5.69 Å². The van der Waals surface area contributed by atoms with Crippen LogP contribution in [0.3, 0.4) is 0 Å². The van der Waals surface area contributed by atoms with Crippen LogP contribution in [-0.4, -0.2) is 33.3 Å². The second-order valence-corrected chi connectivity index (χ2v) is 8.34. The van der Waals surface area contributed by atoms with E-state index in [4.69, 9.17) is 4.74 Å². The summed E-state index contributed by atoms with van der Waals surface area (Å²) in [5.41, 5.74) is 1.18. The van der Waals surface area contributed by atoms with Crippen molar-refractivity contribution >= 4 is 34.4 Å². The van der Waals surface area contributed by atoms with E-state index in [1.165, 1.54) is 18.3 Å². The van der Waals surface area contributed by atoms with Crippen molar-refractivity contribution in [3.05, 3.63) is 129 Å². The molecule has 0 fully saturated rings. The summed E-state index contributed by atoms with van der Waals surface area (Å²) in [6.07, 6.45) is 1.28. The summed E-state index contributed by atoms with van der Waals surface area (Å²) in [6.45, 7) is -0.479. The number of rotatable bonds is 8. The van der Waals surface area contributed by atoms with Gasteiger partial charge in [0.25, 0.3) is 11.5 Å². The number of nitro benzene ring substituents is 1. The van der Waals surface area contributed by atoms with Crippen molar-refractivity contribution in [2.45, 2.75) is 0 Å². The highest BCUT2D eigenvalue weighted by Crippen LogP contribution is 2.30. The molecule has 10 heteroatoms. The number of nitrogens with zero attached hydrogens (tertiary/aromatic N) is 4. The molecule has 5 aromatic rings. The molecule has 0 saturated heterocycles. The zero-order chi connectivity index (χ0) is 27.2. The number of aromatic nitrogens is 2. The monoisotopic (exact) mass is 519 g/mol. The van der Waals surface area contributed by atoms with Crippen LogP contribution < -0.4 is 15.6 Å². The standard InChI is InChI=1S/C29H21N5O5/c35-26(31-22-13-5-2-6-14-22)19-39-27-21(12-9-17-25(27)34(37)38)18-30-33-28(20-10-3-1-4-11-20)32-24-16-8-7-15-23(24)29(33)36/h1-18H,19H2,(H,31,35). The number of ether oxygens (including phenoxy) is 1. The number of carbonyl (C=O) groups excluding carboxylic acids is 1. The summed E-state index contributed by atoms with van der Waals surface area (Å²) >= 11 is 0. The first kappa shape index (κ1) is 25.0. The maximum Gasteiger partial charge on any atom is 0.311 e. The van der Waals surface area contributed by atoms with Crippen molar-refractivity contribution in [2.75, 3.05) is 11.9 Å². The molecule has 39 heavy (non-hydrogen) atoms. The normalized spacial score (nSPS) is 11.0. The average molecular weight is 520 g/mol. The molecule has 0 aliphatic carbocycles. The number of amides is 1. The van der Waals surface area contributed by atoms with E-state index in [-0.39, 0.29) is 17.0 Å². The Balaban J connectivity index is 1.53. The Morgan fingerprint density at radius 3 is 2.38 bits per heavy atom. The molecule has 1 aromatic heterocycles. The van der Waals surface area contributed by atoms with Gasteiger partial charge in [0.1, 0.15) is 0 Å². The number of benzene rings is 4. The van der Waals surface area contributed by atoms with Crippen molar-refractivity contribution in [1.82, 2.24) is 9.66 Å². The zero-order valence-corrected chi connectivity index (χ0v) is 20.4. The second-order valence-electron chi connectivity index (χ2n) is 8.34. The quantitative estimate of drug-likeness (QED) is 0.177. The zero-order valence-electron chi connectivity index (χ0n) is 20.4. The van der Waals surface area contributed by atoms with Crippen molar-refractivity contribution < 1.29 is 14.5 Å². The van der Waals surface area contributed by atoms with Crippen molar-refractivity contribution in [3.8, 4) is 17.1 Å². The summed E-state index contributed by atoms with van der Waals surface area (Å²) in [6, 6.07) is 29.0. The minimum Gasteiger partial charge on any atom is -0.476 e. The van der Waals surface area contributed by atoms with Gasteiger partial charge in [-0.25, -0.2) is 4.98 Å². The number of nitro groups is 1. The van der Waals surface area contributed by atoms with Crippen LogP contribution in [0.1, 0.15) is 5.56 Å². The van der Waals surface area contributed by atoms with Crippen LogP contribution in [-0.2, 0) is 4.79 Å². The highest BCUT2D eigenvalue weighted by Gasteiger charge is 2.20. The molecule has 0 bridgehead atoms.